The first-order valence-corrected chi connectivity index (χ1v) is 9.85. The molecule has 5 atom stereocenters. The molecule has 4 aliphatic rings. The van der Waals surface area contributed by atoms with Crippen molar-refractivity contribution in [3.8, 4) is 0 Å². The number of amides is 1. The summed E-state index contributed by atoms with van der Waals surface area (Å²) in [6, 6.07) is -0.454. The van der Waals surface area contributed by atoms with Crippen LogP contribution in [0.5, 0.6) is 0 Å². The van der Waals surface area contributed by atoms with Gasteiger partial charge in [0.1, 0.15) is 0 Å². The number of carbonyl (C=O) groups is 1. The number of hydrogen-bond donors (Lipinski definition) is 3. The second-order valence-corrected chi connectivity index (χ2v) is 8.87. The molecule has 1 aliphatic heterocycles. The van der Waals surface area contributed by atoms with Crippen molar-refractivity contribution in [3.63, 3.8) is 0 Å². The molecule has 1 heterocycles. The molecule has 4 rings (SSSR count). The molecule has 3 saturated carbocycles. The lowest BCUT2D eigenvalue weighted by atomic mass is 9.43. The van der Waals surface area contributed by atoms with Crippen LogP contribution in [0.15, 0.2) is 0 Å². The van der Waals surface area contributed by atoms with Crippen molar-refractivity contribution in [2.45, 2.75) is 76.9 Å². The Labute approximate surface area is 151 Å². The highest BCUT2D eigenvalue weighted by molar-refractivity contribution is 6.45. The number of nitrogens with two attached hydrogens (primary N) is 2. The third-order valence-electron chi connectivity index (χ3n) is 6.99. The van der Waals surface area contributed by atoms with Crippen LogP contribution in [-0.4, -0.2) is 43.9 Å². The molecule has 2 bridgehead atoms. The van der Waals surface area contributed by atoms with Crippen molar-refractivity contribution in [3.05, 3.63) is 0 Å². The second kappa shape index (κ2) is 7.18. The van der Waals surface area contributed by atoms with Crippen LogP contribution < -0.4 is 16.8 Å². The van der Waals surface area contributed by atoms with Crippen LogP contribution in [0.25, 0.3) is 0 Å². The number of unbranched alkanes of at least 4 members (excludes halogenated alkanes) is 1. The lowest BCUT2D eigenvalue weighted by Gasteiger charge is -2.64. The Morgan fingerprint density at radius 3 is 2.76 bits per heavy atom. The molecule has 5 N–H and O–H groups in total. The summed E-state index contributed by atoms with van der Waals surface area (Å²) in [5, 5.41) is 2.91. The first-order chi connectivity index (χ1) is 11.8. The molecule has 1 saturated heterocycles. The average Bonchev–Trinajstić information content (AvgIpc) is 2.90. The van der Waals surface area contributed by atoms with E-state index in [1.54, 1.807) is 0 Å². The van der Waals surface area contributed by atoms with Crippen LogP contribution in [0.4, 0.5) is 0 Å². The summed E-state index contributed by atoms with van der Waals surface area (Å²) in [4.78, 5) is 12.0. The van der Waals surface area contributed by atoms with Gasteiger partial charge in [-0.15, -0.1) is 0 Å². The fraction of sp³-hybridized carbons (Fsp3) is 0.944. The molecule has 0 unspecified atom stereocenters. The molecule has 6 nitrogen and oxygen atoms in total. The van der Waals surface area contributed by atoms with Gasteiger partial charge in [-0.05, 0) is 62.7 Å². The molecular formula is C18H34BN3O3. The second-order valence-electron chi connectivity index (χ2n) is 8.87. The minimum atomic E-state index is -0.454. The zero-order valence-electron chi connectivity index (χ0n) is 15.9. The van der Waals surface area contributed by atoms with Gasteiger partial charge in [-0.3, -0.25) is 4.79 Å². The molecule has 25 heavy (non-hydrogen) atoms. The summed E-state index contributed by atoms with van der Waals surface area (Å²) in [5.41, 5.74) is 11.5. The number of hydrogen-bond acceptors (Lipinski definition) is 5. The quantitative estimate of drug-likeness (QED) is 0.452. The van der Waals surface area contributed by atoms with E-state index in [2.05, 4.69) is 26.1 Å². The molecule has 1 amide bonds. The summed E-state index contributed by atoms with van der Waals surface area (Å²) >= 11 is 0. The first-order valence-electron chi connectivity index (χ1n) is 9.85. The van der Waals surface area contributed by atoms with Gasteiger partial charge in [0.05, 0.1) is 17.7 Å². The van der Waals surface area contributed by atoms with E-state index < -0.39 is 6.04 Å². The highest BCUT2D eigenvalue weighted by Crippen LogP contribution is 2.65. The van der Waals surface area contributed by atoms with E-state index in [9.17, 15) is 4.79 Å². The molecule has 0 aromatic carbocycles. The Morgan fingerprint density at radius 2 is 2.08 bits per heavy atom. The molecule has 0 aromatic heterocycles. The monoisotopic (exact) mass is 351 g/mol. The zero-order chi connectivity index (χ0) is 18.2. The lowest BCUT2D eigenvalue weighted by molar-refractivity contribution is -0.199. The Hall–Kier alpha value is -0.625. The van der Waals surface area contributed by atoms with E-state index in [-0.39, 0.29) is 24.7 Å². The third kappa shape index (κ3) is 3.48. The molecule has 0 aromatic rings. The molecule has 7 heteroatoms. The Bertz CT molecular complexity index is 504. The van der Waals surface area contributed by atoms with Gasteiger partial charge in [0.2, 0.25) is 5.91 Å². The lowest BCUT2D eigenvalue weighted by Crippen LogP contribution is -2.65. The maximum Gasteiger partial charge on any atom is 0.459 e. The number of rotatable bonds is 8. The Balaban J connectivity index is 1.41. The fourth-order valence-electron chi connectivity index (χ4n) is 5.16. The van der Waals surface area contributed by atoms with Gasteiger partial charge >= 0.3 is 7.12 Å². The average molecular weight is 351 g/mol. The van der Waals surface area contributed by atoms with Gasteiger partial charge in [0, 0.05) is 6.54 Å². The standard InChI is InChI=1S/C18H34BN3O3/c1-17(2)12-10-14(17)18(3)15(11-12)24-19(25-18)7-9-22-16(23)13(21)6-4-5-8-20/h12-15H,4-11,20-21H2,1-3H3,(H,22,23)/t12-,13+,14-,15+,18-/m1/s1. The Morgan fingerprint density at radius 1 is 1.32 bits per heavy atom. The van der Waals surface area contributed by atoms with Crippen LogP contribution >= 0.6 is 0 Å². The SMILES string of the molecule is CC1(C)[C@H]2C[C@@H]3OB(CCNC(=O)[C@@H](N)CCCCN)O[C@]3(C)[C@@H]1C2. The van der Waals surface area contributed by atoms with E-state index in [4.69, 9.17) is 20.8 Å². The predicted octanol–water partition coefficient (Wildman–Crippen LogP) is 1.29. The van der Waals surface area contributed by atoms with E-state index in [0.717, 1.165) is 25.2 Å². The largest absolute Gasteiger partial charge is 0.459 e. The van der Waals surface area contributed by atoms with Gasteiger partial charge in [0.15, 0.2) is 0 Å². The van der Waals surface area contributed by atoms with Crippen molar-refractivity contribution >= 4 is 13.0 Å². The van der Waals surface area contributed by atoms with Crippen LogP contribution in [0.3, 0.4) is 0 Å². The van der Waals surface area contributed by atoms with Crippen molar-refractivity contribution in [1.29, 1.82) is 0 Å². The summed E-state index contributed by atoms with van der Waals surface area (Å²) in [5.74, 6) is 1.23. The van der Waals surface area contributed by atoms with Crippen molar-refractivity contribution in [2.24, 2.45) is 28.7 Å². The van der Waals surface area contributed by atoms with Crippen LogP contribution in [-0.2, 0) is 14.1 Å². The van der Waals surface area contributed by atoms with Gasteiger partial charge in [-0.2, -0.15) is 0 Å². The van der Waals surface area contributed by atoms with E-state index in [0.29, 0.717) is 37.2 Å². The number of carbonyl (C=O) groups excluding carboxylic acids is 1. The van der Waals surface area contributed by atoms with Gasteiger partial charge in [0.25, 0.3) is 0 Å². The predicted molar refractivity (Wildman–Crippen MR) is 98.8 cm³/mol. The topological polar surface area (TPSA) is 99.6 Å². The van der Waals surface area contributed by atoms with Gasteiger partial charge < -0.3 is 26.1 Å². The minimum Gasteiger partial charge on any atom is -0.405 e. The van der Waals surface area contributed by atoms with Crippen molar-refractivity contribution in [2.75, 3.05) is 13.1 Å². The first kappa shape index (κ1) is 19.1. The summed E-state index contributed by atoms with van der Waals surface area (Å²) < 4.78 is 12.5. The highest BCUT2D eigenvalue weighted by Gasteiger charge is 2.67. The highest BCUT2D eigenvalue weighted by atomic mass is 16.7. The normalized spacial score (nSPS) is 36.5. The summed E-state index contributed by atoms with van der Waals surface area (Å²) in [6.07, 6.45) is 5.69. The van der Waals surface area contributed by atoms with Crippen LogP contribution in [0.1, 0.15) is 52.9 Å². The Kier molecular flexibility index (Phi) is 5.50. The fourth-order valence-corrected chi connectivity index (χ4v) is 5.16. The van der Waals surface area contributed by atoms with Crippen LogP contribution in [0.2, 0.25) is 6.32 Å². The van der Waals surface area contributed by atoms with E-state index in [1.807, 2.05) is 0 Å². The molecule has 3 aliphatic carbocycles. The molecular weight excluding hydrogens is 317 g/mol. The van der Waals surface area contributed by atoms with Crippen LogP contribution in [0, 0.1) is 17.3 Å². The maximum absolute atomic E-state index is 12.0. The minimum absolute atomic E-state index is 0.0953. The van der Waals surface area contributed by atoms with Crippen molar-refractivity contribution < 1.29 is 14.1 Å². The molecule has 0 radical (unpaired) electrons. The molecule has 0 spiro atoms. The zero-order valence-corrected chi connectivity index (χ0v) is 15.9. The maximum atomic E-state index is 12.0. The molecule has 142 valence electrons. The van der Waals surface area contributed by atoms with Gasteiger partial charge in [-0.25, -0.2) is 0 Å². The van der Waals surface area contributed by atoms with E-state index >= 15 is 0 Å². The number of nitrogens with one attached hydrogen (secondary N) is 1. The summed E-state index contributed by atoms with van der Waals surface area (Å²) in [6.45, 7) is 8.11. The van der Waals surface area contributed by atoms with E-state index in [1.165, 1.54) is 6.42 Å². The molecule has 4 fully saturated rings. The summed E-state index contributed by atoms with van der Waals surface area (Å²) in [7, 11) is -0.223. The van der Waals surface area contributed by atoms with Gasteiger partial charge in [-0.1, -0.05) is 20.3 Å². The smallest absolute Gasteiger partial charge is 0.405 e. The third-order valence-corrected chi connectivity index (χ3v) is 6.99. The van der Waals surface area contributed by atoms with Crippen molar-refractivity contribution in [1.82, 2.24) is 5.32 Å².